The summed E-state index contributed by atoms with van der Waals surface area (Å²) in [5.41, 5.74) is 0. The van der Waals surface area contributed by atoms with Gasteiger partial charge in [0.1, 0.15) is 0 Å². The Morgan fingerprint density at radius 3 is 2.71 bits per heavy atom. The monoisotopic (exact) mass is 196 g/mol. The molecular formula is C11H20N2O. The van der Waals surface area contributed by atoms with Crippen LogP contribution in [0.3, 0.4) is 0 Å². The summed E-state index contributed by atoms with van der Waals surface area (Å²) >= 11 is 0. The van der Waals surface area contributed by atoms with Crippen molar-refractivity contribution in [1.82, 2.24) is 10.6 Å². The molecule has 2 aliphatic rings. The van der Waals surface area contributed by atoms with Gasteiger partial charge in [-0.1, -0.05) is 13.3 Å². The van der Waals surface area contributed by atoms with E-state index < -0.39 is 0 Å². The average Bonchev–Trinajstić information content (AvgIpc) is 3.02. The van der Waals surface area contributed by atoms with Crippen LogP contribution in [0, 0.1) is 5.92 Å². The molecule has 1 heterocycles. The number of rotatable bonds is 3. The van der Waals surface area contributed by atoms with Crippen molar-refractivity contribution in [2.24, 2.45) is 5.92 Å². The van der Waals surface area contributed by atoms with Crippen LogP contribution < -0.4 is 10.6 Å². The Labute approximate surface area is 85.6 Å². The molecule has 0 radical (unpaired) electrons. The van der Waals surface area contributed by atoms with Crippen LogP contribution in [0.15, 0.2) is 0 Å². The summed E-state index contributed by atoms with van der Waals surface area (Å²) in [6.07, 6.45) is 6.03. The molecule has 1 saturated carbocycles. The van der Waals surface area contributed by atoms with Gasteiger partial charge in [0.05, 0.1) is 5.92 Å². The van der Waals surface area contributed by atoms with E-state index >= 15 is 0 Å². The highest BCUT2D eigenvalue weighted by Gasteiger charge is 2.29. The number of hydrogen-bond acceptors (Lipinski definition) is 2. The molecule has 3 heteroatoms. The first-order valence-electron chi connectivity index (χ1n) is 5.81. The van der Waals surface area contributed by atoms with Crippen molar-refractivity contribution in [2.75, 3.05) is 6.54 Å². The molecule has 2 rings (SSSR count). The van der Waals surface area contributed by atoms with Gasteiger partial charge in [0, 0.05) is 12.1 Å². The van der Waals surface area contributed by atoms with Gasteiger partial charge in [-0.25, -0.2) is 0 Å². The van der Waals surface area contributed by atoms with Crippen LogP contribution in [0.4, 0.5) is 0 Å². The van der Waals surface area contributed by atoms with Crippen molar-refractivity contribution in [3.8, 4) is 0 Å². The highest BCUT2D eigenvalue weighted by molar-refractivity contribution is 5.79. The molecule has 2 fully saturated rings. The van der Waals surface area contributed by atoms with Gasteiger partial charge in [-0.2, -0.15) is 0 Å². The van der Waals surface area contributed by atoms with E-state index in [0.29, 0.717) is 12.1 Å². The predicted molar refractivity (Wildman–Crippen MR) is 56.0 cm³/mol. The molecule has 2 N–H and O–H groups in total. The van der Waals surface area contributed by atoms with Gasteiger partial charge >= 0.3 is 0 Å². The summed E-state index contributed by atoms with van der Waals surface area (Å²) < 4.78 is 0. The zero-order valence-corrected chi connectivity index (χ0v) is 8.88. The Morgan fingerprint density at radius 1 is 1.36 bits per heavy atom. The second-order valence-electron chi connectivity index (χ2n) is 4.63. The number of hydrogen-bond donors (Lipinski definition) is 2. The molecule has 80 valence electrons. The number of amides is 1. The molecule has 0 unspecified atom stereocenters. The fraction of sp³-hybridized carbons (Fsp3) is 0.909. The van der Waals surface area contributed by atoms with Gasteiger partial charge in [-0.3, -0.25) is 4.79 Å². The standard InChI is InChI=1S/C11H20N2O/c1-8(10-4-2-3-7-12-10)11(14)13-9-5-6-9/h8-10,12H,2-7H2,1H3,(H,13,14)/t8-,10+/m1/s1. The first-order valence-corrected chi connectivity index (χ1v) is 5.81. The van der Waals surface area contributed by atoms with Crippen molar-refractivity contribution < 1.29 is 4.79 Å². The molecule has 1 aliphatic carbocycles. The molecule has 14 heavy (non-hydrogen) atoms. The predicted octanol–water partition coefficient (Wildman–Crippen LogP) is 1.04. The summed E-state index contributed by atoms with van der Waals surface area (Å²) in [5, 5.41) is 6.50. The first kappa shape index (κ1) is 9.97. The van der Waals surface area contributed by atoms with E-state index in [4.69, 9.17) is 0 Å². The Hall–Kier alpha value is -0.570. The van der Waals surface area contributed by atoms with Crippen LogP contribution in [0.1, 0.15) is 39.0 Å². The van der Waals surface area contributed by atoms with Crippen LogP contribution in [0.5, 0.6) is 0 Å². The molecule has 2 atom stereocenters. The lowest BCUT2D eigenvalue weighted by molar-refractivity contribution is -0.125. The Kier molecular flexibility index (Phi) is 3.06. The van der Waals surface area contributed by atoms with Crippen LogP contribution in [0.2, 0.25) is 0 Å². The number of carbonyl (C=O) groups is 1. The summed E-state index contributed by atoms with van der Waals surface area (Å²) in [6, 6.07) is 0.899. The minimum Gasteiger partial charge on any atom is -0.353 e. The molecule has 1 saturated heterocycles. The molecule has 1 aliphatic heterocycles. The van der Waals surface area contributed by atoms with Crippen molar-refractivity contribution >= 4 is 5.91 Å². The van der Waals surface area contributed by atoms with Crippen molar-refractivity contribution in [1.29, 1.82) is 0 Å². The molecular weight excluding hydrogens is 176 g/mol. The van der Waals surface area contributed by atoms with E-state index in [9.17, 15) is 4.79 Å². The van der Waals surface area contributed by atoms with E-state index in [0.717, 1.165) is 13.0 Å². The quantitative estimate of drug-likeness (QED) is 0.708. The second-order valence-corrected chi connectivity index (χ2v) is 4.63. The zero-order valence-electron chi connectivity index (χ0n) is 8.88. The van der Waals surface area contributed by atoms with E-state index in [-0.39, 0.29) is 11.8 Å². The van der Waals surface area contributed by atoms with Crippen molar-refractivity contribution in [2.45, 2.75) is 51.1 Å². The maximum Gasteiger partial charge on any atom is 0.224 e. The van der Waals surface area contributed by atoms with Crippen molar-refractivity contribution in [3.05, 3.63) is 0 Å². The highest BCUT2D eigenvalue weighted by Crippen LogP contribution is 2.21. The molecule has 0 aromatic rings. The summed E-state index contributed by atoms with van der Waals surface area (Å²) in [5.74, 6) is 0.378. The Balaban J connectivity index is 1.78. The molecule has 0 bridgehead atoms. The van der Waals surface area contributed by atoms with Crippen LogP contribution >= 0.6 is 0 Å². The number of nitrogens with one attached hydrogen (secondary N) is 2. The maximum atomic E-state index is 11.7. The summed E-state index contributed by atoms with van der Waals surface area (Å²) in [6.45, 7) is 3.12. The molecule has 3 nitrogen and oxygen atoms in total. The number of carbonyl (C=O) groups excluding carboxylic acids is 1. The van der Waals surface area contributed by atoms with Gasteiger partial charge in [-0.05, 0) is 32.2 Å². The van der Waals surface area contributed by atoms with E-state index in [1.165, 1.54) is 25.7 Å². The van der Waals surface area contributed by atoms with Gasteiger partial charge in [0.2, 0.25) is 5.91 Å². The molecule has 0 aromatic heterocycles. The van der Waals surface area contributed by atoms with Gasteiger partial charge < -0.3 is 10.6 Å². The second kappa shape index (κ2) is 4.30. The first-order chi connectivity index (χ1) is 6.77. The lowest BCUT2D eigenvalue weighted by Gasteiger charge is -2.28. The fourth-order valence-corrected chi connectivity index (χ4v) is 2.05. The largest absolute Gasteiger partial charge is 0.353 e. The zero-order chi connectivity index (χ0) is 9.97. The van der Waals surface area contributed by atoms with Crippen LogP contribution in [-0.4, -0.2) is 24.5 Å². The van der Waals surface area contributed by atoms with Gasteiger partial charge in [0.25, 0.3) is 0 Å². The van der Waals surface area contributed by atoms with Crippen LogP contribution in [0.25, 0.3) is 0 Å². The van der Waals surface area contributed by atoms with E-state index in [2.05, 4.69) is 10.6 Å². The smallest absolute Gasteiger partial charge is 0.224 e. The lowest BCUT2D eigenvalue weighted by Crippen LogP contribution is -2.46. The van der Waals surface area contributed by atoms with Crippen LogP contribution in [-0.2, 0) is 4.79 Å². The summed E-state index contributed by atoms with van der Waals surface area (Å²) in [4.78, 5) is 11.7. The van der Waals surface area contributed by atoms with Gasteiger partial charge in [-0.15, -0.1) is 0 Å². The van der Waals surface area contributed by atoms with Crippen molar-refractivity contribution in [3.63, 3.8) is 0 Å². The minimum absolute atomic E-state index is 0.135. The normalized spacial score (nSPS) is 29.6. The Morgan fingerprint density at radius 2 is 2.14 bits per heavy atom. The minimum atomic E-state index is 0.135. The Bertz CT molecular complexity index is 207. The van der Waals surface area contributed by atoms with E-state index in [1.807, 2.05) is 6.92 Å². The molecule has 1 amide bonds. The van der Waals surface area contributed by atoms with E-state index in [1.54, 1.807) is 0 Å². The van der Waals surface area contributed by atoms with Gasteiger partial charge in [0.15, 0.2) is 0 Å². The fourth-order valence-electron chi connectivity index (χ4n) is 2.05. The third-order valence-electron chi connectivity index (χ3n) is 3.29. The third kappa shape index (κ3) is 2.47. The maximum absolute atomic E-state index is 11.7. The molecule has 0 spiro atoms. The molecule has 0 aromatic carbocycles. The topological polar surface area (TPSA) is 41.1 Å². The lowest BCUT2D eigenvalue weighted by atomic mass is 9.93. The SMILES string of the molecule is C[C@@H](C(=O)NC1CC1)[C@@H]1CCCCN1. The summed E-state index contributed by atoms with van der Waals surface area (Å²) in [7, 11) is 0. The highest BCUT2D eigenvalue weighted by atomic mass is 16.2. The average molecular weight is 196 g/mol. The number of piperidine rings is 1. The third-order valence-corrected chi connectivity index (χ3v) is 3.29.